The third-order valence-electron chi connectivity index (χ3n) is 6.01. The molecule has 0 aliphatic carbocycles. The molecule has 0 bridgehead atoms. The Hall–Kier alpha value is -2.98. The van der Waals surface area contributed by atoms with Crippen molar-refractivity contribution in [2.24, 2.45) is 0 Å². The summed E-state index contributed by atoms with van der Waals surface area (Å²) >= 11 is 1.55. The molecule has 0 amide bonds. The number of anilines is 1. The summed E-state index contributed by atoms with van der Waals surface area (Å²) in [5, 5.41) is 2.43. The van der Waals surface area contributed by atoms with E-state index in [0.717, 1.165) is 16.4 Å². The van der Waals surface area contributed by atoms with E-state index in [1.54, 1.807) is 37.7 Å². The van der Waals surface area contributed by atoms with Crippen LogP contribution in [0.2, 0.25) is 0 Å². The summed E-state index contributed by atoms with van der Waals surface area (Å²) in [6.45, 7) is 1.24. The molecule has 8 nitrogen and oxygen atoms in total. The van der Waals surface area contributed by atoms with E-state index in [2.05, 4.69) is 4.90 Å². The third kappa shape index (κ3) is 4.65. The number of nitrogens with zero attached hydrogens (tertiary/aromatic N) is 2. The molecule has 0 spiro atoms. The highest BCUT2D eigenvalue weighted by Gasteiger charge is 2.32. The second-order valence-corrected chi connectivity index (χ2v) is 10.9. The largest absolute Gasteiger partial charge is 0.493 e. The van der Waals surface area contributed by atoms with Gasteiger partial charge >= 0.3 is 0 Å². The molecule has 34 heavy (non-hydrogen) atoms. The minimum atomic E-state index is -3.48. The molecular formula is C24H28N2O6S2. The van der Waals surface area contributed by atoms with E-state index >= 15 is 0 Å². The van der Waals surface area contributed by atoms with Gasteiger partial charge in [-0.1, -0.05) is 0 Å². The fourth-order valence-electron chi connectivity index (χ4n) is 4.08. The minimum absolute atomic E-state index is 0.258. The van der Waals surface area contributed by atoms with Gasteiger partial charge in [0.25, 0.3) is 0 Å². The highest BCUT2D eigenvalue weighted by atomic mass is 32.2. The predicted molar refractivity (Wildman–Crippen MR) is 133 cm³/mol. The van der Waals surface area contributed by atoms with Gasteiger partial charge in [-0.15, -0.1) is 11.3 Å². The molecule has 1 aliphatic rings. The number of hydrogen-bond acceptors (Lipinski definition) is 9. The number of rotatable bonds is 8. The van der Waals surface area contributed by atoms with Crippen molar-refractivity contribution in [3.05, 3.63) is 41.8 Å². The van der Waals surface area contributed by atoms with Gasteiger partial charge in [0.2, 0.25) is 0 Å². The van der Waals surface area contributed by atoms with Crippen LogP contribution in [-0.2, 0) is 9.84 Å². The Morgan fingerprint density at radius 3 is 2.06 bits per heavy atom. The van der Waals surface area contributed by atoms with E-state index < -0.39 is 15.1 Å². The Bertz CT molecular complexity index is 1250. The monoisotopic (exact) mass is 504 g/mol. The summed E-state index contributed by atoms with van der Waals surface area (Å²) in [7, 11) is 2.75. The van der Waals surface area contributed by atoms with Crippen molar-refractivity contribution in [1.82, 2.24) is 4.98 Å². The van der Waals surface area contributed by atoms with Crippen molar-refractivity contribution in [2.75, 3.05) is 46.4 Å². The number of thiazole rings is 1. The Kier molecular flexibility index (Phi) is 7.18. The normalized spacial score (nSPS) is 14.6. The Morgan fingerprint density at radius 1 is 0.853 bits per heavy atom. The van der Waals surface area contributed by atoms with Gasteiger partial charge in [0.15, 0.2) is 38.0 Å². The van der Waals surface area contributed by atoms with Crippen LogP contribution < -0.4 is 23.8 Å². The highest BCUT2D eigenvalue weighted by Crippen LogP contribution is 2.36. The molecule has 0 unspecified atom stereocenters. The first-order valence-corrected chi connectivity index (χ1v) is 13.2. The van der Waals surface area contributed by atoms with E-state index in [1.807, 2.05) is 23.6 Å². The summed E-state index contributed by atoms with van der Waals surface area (Å²) in [6, 6.07) is 10.5. The average Bonchev–Trinajstić information content (AvgIpc) is 3.38. The first kappa shape index (κ1) is 24.2. The standard InChI is InChI=1S/C24H28N2O6S2/c1-29-20-7-5-16(13-22(20)31-3)19-15-33-24(25-19)26-11-9-17(10-12-26)34(27,28)18-6-8-21(30-2)23(14-18)32-4/h5-8,13-15,17H,9-12H2,1-4H3. The lowest BCUT2D eigenvalue weighted by Crippen LogP contribution is -2.39. The zero-order valence-electron chi connectivity index (χ0n) is 19.6. The van der Waals surface area contributed by atoms with E-state index in [9.17, 15) is 8.42 Å². The molecule has 1 aromatic heterocycles. The molecule has 0 saturated carbocycles. The Morgan fingerprint density at radius 2 is 1.44 bits per heavy atom. The van der Waals surface area contributed by atoms with Gasteiger partial charge in [-0.2, -0.15) is 0 Å². The first-order chi connectivity index (χ1) is 16.4. The Balaban J connectivity index is 1.46. The van der Waals surface area contributed by atoms with Crippen LogP contribution in [0.3, 0.4) is 0 Å². The van der Waals surface area contributed by atoms with Crippen LogP contribution in [0.5, 0.6) is 23.0 Å². The first-order valence-electron chi connectivity index (χ1n) is 10.8. The fourth-order valence-corrected chi connectivity index (χ4v) is 6.71. The van der Waals surface area contributed by atoms with Crippen molar-refractivity contribution >= 4 is 26.3 Å². The van der Waals surface area contributed by atoms with Crippen molar-refractivity contribution in [3.63, 3.8) is 0 Å². The van der Waals surface area contributed by atoms with Gasteiger partial charge < -0.3 is 23.8 Å². The summed E-state index contributed by atoms with van der Waals surface area (Å²) in [4.78, 5) is 7.20. The predicted octanol–water partition coefficient (Wildman–Crippen LogP) is 4.29. The van der Waals surface area contributed by atoms with E-state index in [0.29, 0.717) is 48.9 Å². The van der Waals surface area contributed by atoms with Gasteiger partial charge in [0.1, 0.15) is 0 Å². The quantitative estimate of drug-likeness (QED) is 0.449. The Labute approximate surface area is 204 Å². The number of hydrogen-bond donors (Lipinski definition) is 0. The van der Waals surface area contributed by atoms with Gasteiger partial charge in [-0.3, -0.25) is 0 Å². The van der Waals surface area contributed by atoms with E-state index in [4.69, 9.17) is 23.9 Å². The van der Waals surface area contributed by atoms with Crippen molar-refractivity contribution in [2.45, 2.75) is 23.0 Å². The van der Waals surface area contributed by atoms with Crippen molar-refractivity contribution in [3.8, 4) is 34.3 Å². The maximum Gasteiger partial charge on any atom is 0.185 e. The lowest BCUT2D eigenvalue weighted by Gasteiger charge is -2.31. The molecule has 2 heterocycles. The number of ether oxygens (including phenoxy) is 4. The molecule has 3 aromatic rings. The maximum absolute atomic E-state index is 13.2. The smallest absolute Gasteiger partial charge is 0.185 e. The summed E-state index contributed by atoms with van der Waals surface area (Å²) in [5.74, 6) is 2.23. The molecule has 0 N–H and O–H groups in total. The van der Waals surface area contributed by atoms with Gasteiger partial charge in [0.05, 0.1) is 44.3 Å². The zero-order valence-corrected chi connectivity index (χ0v) is 21.2. The number of methoxy groups -OCH3 is 4. The van der Waals surface area contributed by atoms with Gasteiger partial charge in [-0.05, 0) is 43.2 Å². The second-order valence-electron chi connectivity index (χ2n) is 7.83. The van der Waals surface area contributed by atoms with Crippen LogP contribution in [0.4, 0.5) is 5.13 Å². The van der Waals surface area contributed by atoms with Crippen LogP contribution in [0.1, 0.15) is 12.8 Å². The van der Waals surface area contributed by atoms with E-state index in [-0.39, 0.29) is 4.90 Å². The van der Waals surface area contributed by atoms with Gasteiger partial charge in [0, 0.05) is 30.1 Å². The zero-order chi connectivity index (χ0) is 24.3. The maximum atomic E-state index is 13.2. The van der Waals surface area contributed by atoms with Crippen molar-refractivity contribution < 1.29 is 27.4 Å². The molecule has 0 radical (unpaired) electrons. The number of piperidine rings is 1. The van der Waals surface area contributed by atoms with Crippen LogP contribution in [0.25, 0.3) is 11.3 Å². The summed E-state index contributed by atoms with van der Waals surface area (Å²) in [5.41, 5.74) is 1.78. The molecule has 1 fully saturated rings. The minimum Gasteiger partial charge on any atom is -0.493 e. The van der Waals surface area contributed by atoms with Crippen LogP contribution in [0.15, 0.2) is 46.7 Å². The van der Waals surface area contributed by atoms with Crippen LogP contribution in [0, 0.1) is 0 Å². The lowest BCUT2D eigenvalue weighted by molar-refractivity contribution is 0.354. The summed E-state index contributed by atoms with van der Waals surface area (Å²) < 4.78 is 47.7. The van der Waals surface area contributed by atoms with Crippen LogP contribution in [-0.4, -0.2) is 60.2 Å². The molecular weight excluding hydrogens is 476 g/mol. The average molecular weight is 505 g/mol. The fraction of sp³-hybridized carbons (Fsp3) is 0.375. The molecule has 1 saturated heterocycles. The SMILES string of the molecule is COc1ccc(-c2csc(N3CCC(S(=O)(=O)c4ccc(OC)c(OC)c4)CC3)n2)cc1OC. The number of aromatic nitrogens is 1. The van der Waals surface area contributed by atoms with Crippen LogP contribution >= 0.6 is 11.3 Å². The topological polar surface area (TPSA) is 87.2 Å². The number of benzene rings is 2. The highest BCUT2D eigenvalue weighted by molar-refractivity contribution is 7.92. The molecule has 2 aromatic carbocycles. The number of sulfone groups is 1. The molecule has 1 aliphatic heterocycles. The van der Waals surface area contributed by atoms with E-state index in [1.165, 1.54) is 20.3 Å². The summed E-state index contributed by atoms with van der Waals surface area (Å²) in [6.07, 6.45) is 1.06. The molecule has 10 heteroatoms. The third-order valence-corrected chi connectivity index (χ3v) is 9.17. The van der Waals surface area contributed by atoms with Gasteiger partial charge in [-0.25, -0.2) is 13.4 Å². The molecule has 182 valence electrons. The molecule has 4 rings (SSSR count). The van der Waals surface area contributed by atoms with Crippen molar-refractivity contribution in [1.29, 1.82) is 0 Å². The second kappa shape index (κ2) is 10.1. The lowest BCUT2D eigenvalue weighted by atomic mass is 10.1. The molecule has 0 atom stereocenters.